The third-order valence-electron chi connectivity index (χ3n) is 4.88. The van der Waals surface area contributed by atoms with Crippen LogP contribution in [0.2, 0.25) is 0 Å². The van der Waals surface area contributed by atoms with Crippen LogP contribution in [0, 0.1) is 11.3 Å². The number of nitrogens with one attached hydrogen (secondary N) is 2. The zero-order valence-electron chi connectivity index (χ0n) is 16.3. The van der Waals surface area contributed by atoms with E-state index >= 15 is 0 Å². The van der Waals surface area contributed by atoms with E-state index in [0.29, 0.717) is 10.6 Å². The number of amides is 4. The van der Waals surface area contributed by atoms with Gasteiger partial charge in [-0.2, -0.15) is 5.26 Å². The number of hydrogen-bond acceptors (Lipinski definition) is 7. The van der Waals surface area contributed by atoms with E-state index in [9.17, 15) is 24.4 Å². The molecule has 0 bridgehead atoms. The van der Waals surface area contributed by atoms with Crippen LogP contribution in [-0.4, -0.2) is 47.4 Å². The maximum atomic E-state index is 12.2. The summed E-state index contributed by atoms with van der Waals surface area (Å²) in [5.74, 6) is -1.99. The number of nitriles is 1. The molecule has 2 aliphatic rings. The minimum Gasteiger partial charge on any atom is -0.454 e. The molecule has 0 saturated carbocycles. The van der Waals surface area contributed by atoms with Gasteiger partial charge in [0.15, 0.2) is 6.61 Å². The van der Waals surface area contributed by atoms with Crippen LogP contribution in [0.25, 0.3) is 0 Å². The van der Waals surface area contributed by atoms with E-state index in [1.54, 1.807) is 0 Å². The highest BCUT2D eigenvalue weighted by Crippen LogP contribution is 2.36. The molecule has 3 rings (SSSR count). The van der Waals surface area contributed by atoms with E-state index in [0.717, 1.165) is 47.4 Å². The van der Waals surface area contributed by atoms with Gasteiger partial charge in [-0.1, -0.05) is 6.42 Å². The zero-order valence-corrected chi connectivity index (χ0v) is 17.1. The molecule has 0 unspecified atom stereocenters. The summed E-state index contributed by atoms with van der Waals surface area (Å²) in [6.07, 6.45) is 4.91. The Labute approximate surface area is 172 Å². The van der Waals surface area contributed by atoms with Crippen LogP contribution < -0.4 is 10.6 Å². The Morgan fingerprint density at radius 3 is 2.66 bits per heavy atom. The van der Waals surface area contributed by atoms with Crippen molar-refractivity contribution in [1.82, 2.24) is 10.2 Å². The summed E-state index contributed by atoms with van der Waals surface area (Å²) >= 11 is 1.39. The molecular formula is C19H22N4O5S. The van der Waals surface area contributed by atoms with Crippen molar-refractivity contribution in [1.29, 1.82) is 5.26 Å². The van der Waals surface area contributed by atoms with E-state index < -0.39 is 42.5 Å². The fourth-order valence-electron chi connectivity index (χ4n) is 3.39. The number of carbonyl (C=O) groups excluding carboxylic acids is 4. The topological polar surface area (TPSA) is 129 Å². The number of urea groups is 1. The van der Waals surface area contributed by atoms with Crippen LogP contribution in [0.5, 0.6) is 0 Å². The molecular weight excluding hydrogens is 396 g/mol. The quantitative estimate of drug-likeness (QED) is 0.425. The summed E-state index contributed by atoms with van der Waals surface area (Å²) in [5.41, 5.74) is 0.399. The smallest absolute Gasteiger partial charge is 0.326 e. The van der Waals surface area contributed by atoms with Gasteiger partial charge >= 0.3 is 12.0 Å². The third-order valence-corrected chi connectivity index (χ3v) is 6.09. The highest BCUT2D eigenvalue weighted by Gasteiger charge is 2.45. The Balaban J connectivity index is 1.56. The Bertz CT molecular complexity index is 914. The number of thiophene rings is 1. The van der Waals surface area contributed by atoms with E-state index in [1.807, 2.05) is 0 Å². The monoisotopic (exact) mass is 418 g/mol. The largest absolute Gasteiger partial charge is 0.454 e. The lowest BCUT2D eigenvalue weighted by atomic mass is 10.1. The molecule has 29 heavy (non-hydrogen) atoms. The number of fused-ring (bicyclic) bond motifs is 1. The molecule has 154 valence electrons. The number of hydrogen-bond donors (Lipinski definition) is 2. The molecule has 1 saturated heterocycles. The van der Waals surface area contributed by atoms with Gasteiger partial charge in [-0.25, -0.2) is 4.79 Å². The molecule has 0 aromatic carbocycles. The van der Waals surface area contributed by atoms with E-state index in [-0.39, 0.29) is 0 Å². The molecule has 4 amide bonds. The summed E-state index contributed by atoms with van der Waals surface area (Å²) in [5, 5.41) is 15.0. The first-order chi connectivity index (χ1) is 13.7. The fourth-order valence-corrected chi connectivity index (χ4v) is 4.65. The summed E-state index contributed by atoms with van der Waals surface area (Å²) < 4.78 is 4.90. The van der Waals surface area contributed by atoms with Crippen molar-refractivity contribution in [2.24, 2.45) is 0 Å². The van der Waals surface area contributed by atoms with Crippen molar-refractivity contribution < 1.29 is 23.9 Å². The molecule has 2 heterocycles. The van der Waals surface area contributed by atoms with Crippen molar-refractivity contribution in [3.8, 4) is 6.07 Å². The molecule has 0 atom stereocenters. The molecule has 9 nitrogen and oxygen atoms in total. The van der Waals surface area contributed by atoms with Gasteiger partial charge in [0.05, 0.1) is 5.56 Å². The molecule has 1 aliphatic carbocycles. The maximum absolute atomic E-state index is 12.2. The van der Waals surface area contributed by atoms with Crippen LogP contribution >= 0.6 is 11.3 Å². The highest BCUT2D eigenvalue weighted by molar-refractivity contribution is 7.16. The maximum Gasteiger partial charge on any atom is 0.326 e. The summed E-state index contributed by atoms with van der Waals surface area (Å²) in [7, 11) is 0. The Morgan fingerprint density at radius 2 is 2.00 bits per heavy atom. The van der Waals surface area contributed by atoms with Gasteiger partial charge in [-0.15, -0.1) is 11.3 Å². The number of carbonyl (C=O) groups is 4. The number of aryl methyl sites for hydroxylation is 1. The van der Waals surface area contributed by atoms with Crippen LogP contribution in [-0.2, 0) is 32.0 Å². The number of ether oxygens (including phenoxy) is 1. The lowest BCUT2D eigenvalue weighted by molar-refractivity contribution is -0.150. The molecule has 2 N–H and O–H groups in total. The zero-order chi connectivity index (χ0) is 21.2. The minimum absolute atomic E-state index is 0.469. The second-order valence-electron chi connectivity index (χ2n) is 7.54. The lowest BCUT2D eigenvalue weighted by Gasteiger charge is -2.15. The first-order valence-electron chi connectivity index (χ1n) is 9.37. The lowest BCUT2D eigenvalue weighted by Crippen LogP contribution is -2.41. The minimum atomic E-state index is -1.08. The average molecular weight is 418 g/mol. The predicted molar refractivity (Wildman–Crippen MR) is 104 cm³/mol. The summed E-state index contributed by atoms with van der Waals surface area (Å²) in [4.78, 5) is 49.9. The first-order valence-corrected chi connectivity index (χ1v) is 10.2. The number of anilines is 1. The van der Waals surface area contributed by atoms with Crippen LogP contribution in [0.1, 0.15) is 49.1 Å². The van der Waals surface area contributed by atoms with E-state index in [2.05, 4.69) is 16.7 Å². The molecule has 0 spiro atoms. The van der Waals surface area contributed by atoms with Crippen LogP contribution in [0.3, 0.4) is 0 Å². The normalized spacial score (nSPS) is 17.8. The van der Waals surface area contributed by atoms with Crippen molar-refractivity contribution in [3.05, 3.63) is 16.0 Å². The van der Waals surface area contributed by atoms with Gasteiger partial charge < -0.3 is 15.4 Å². The van der Waals surface area contributed by atoms with Crippen molar-refractivity contribution in [3.63, 3.8) is 0 Å². The molecule has 10 heteroatoms. The van der Waals surface area contributed by atoms with Crippen molar-refractivity contribution in [2.45, 2.75) is 51.5 Å². The molecule has 1 aromatic rings. The molecule has 1 aliphatic heterocycles. The van der Waals surface area contributed by atoms with Crippen molar-refractivity contribution in [2.75, 3.05) is 18.5 Å². The Hall–Kier alpha value is -2.93. The molecule has 1 fully saturated rings. The molecule has 1 aromatic heterocycles. The number of rotatable bonds is 5. The van der Waals surface area contributed by atoms with Gasteiger partial charge in [0.25, 0.3) is 11.8 Å². The fraction of sp³-hybridized carbons (Fsp3) is 0.526. The predicted octanol–water partition coefficient (Wildman–Crippen LogP) is 1.70. The van der Waals surface area contributed by atoms with Gasteiger partial charge in [0.1, 0.15) is 23.2 Å². The molecule has 0 radical (unpaired) electrons. The van der Waals surface area contributed by atoms with E-state index in [1.165, 1.54) is 25.2 Å². The van der Waals surface area contributed by atoms with Gasteiger partial charge in [-0.3, -0.25) is 19.3 Å². The van der Waals surface area contributed by atoms with E-state index in [4.69, 9.17) is 4.74 Å². The second kappa shape index (κ2) is 8.21. The van der Waals surface area contributed by atoms with Crippen LogP contribution in [0.4, 0.5) is 9.80 Å². The van der Waals surface area contributed by atoms with Gasteiger partial charge in [0.2, 0.25) is 0 Å². The standard InChI is InChI=1S/C19H22N4O5S/c1-19(2)17(26)23(18(27)22-19)9-15(25)28-10-14(24)21-16-12(8-20)11-6-4-3-5-7-13(11)29-16/h3-7,9-10H2,1-2H3,(H,21,24)(H,22,27). The number of esters is 1. The SMILES string of the molecule is CC1(C)NC(=O)N(CC(=O)OCC(=O)Nc2sc3c(c2C#N)CCCCC3)C1=O. The Morgan fingerprint density at radius 1 is 1.28 bits per heavy atom. The number of nitrogens with zero attached hydrogens (tertiary/aromatic N) is 2. The van der Waals surface area contributed by atoms with Crippen molar-refractivity contribution >= 4 is 40.2 Å². The number of imide groups is 1. The van der Waals surface area contributed by atoms with Gasteiger partial charge in [0, 0.05) is 4.88 Å². The summed E-state index contributed by atoms with van der Waals surface area (Å²) in [6, 6.07) is 1.49. The second-order valence-corrected chi connectivity index (χ2v) is 8.64. The summed E-state index contributed by atoms with van der Waals surface area (Å²) in [6.45, 7) is 1.92. The van der Waals surface area contributed by atoms with Crippen LogP contribution in [0.15, 0.2) is 0 Å². The third kappa shape index (κ3) is 4.40. The van der Waals surface area contributed by atoms with Gasteiger partial charge in [-0.05, 0) is 45.1 Å². The average Bonchev–Trinajstić information content (AvgIpc) is 2.94. The highest BCUT2D eigenvalue weighted by atomic mass is 32.1. The Kier molecular flexibility index (Phi) is 5.88. The first kappa shape index (κ1) is 20.8.